The summed E-state index contributed by atoms with van der Waals surface area (Å²) < 4.78 is 17.4. The lowest BCUT2D eigenvalue weighted by Gasteiger charge is -2.26. The van der Waals surface area contributed by atoms with Crippen molar-refractivity contribution in [3.8, 4) is 0 Å². The van der Waals surface area contributed by atoms with Gasteiger partial charge in [0.2, 0.25) is 0 Å². The number of aliphatic hydroxyl groups is 2. The molecule has 7 heteroatoms. The van der Waals surface area contributed by atoms with Gasteiger partial charge in [-0.2, -0.15) is 0 Å². The van der Waals surface area contributed by atoms with E-state index in [2.05, 4.69) is 13.8 Å². The molecule has 0 saturated carbocycles. The summed E-state index contributed by atoms with van der Waals surface area (Å²) in [6, 6.07) is 0. The van der Waals surface area contributed by atoms with Gasteiger partial charge in [0.05, 0.1) is 13.2 Å². The summed E-state index contributed by atoms with van der Waals surface area (Å²) in [4.78, 5) is 0. The van der Waals surface area contributed by atoms with Crippen molar-refractivity contribution in [2.45, 2.75) is 167 Å². The molecule has 0 aromatic carbocycles. The summed E-state index contributed by atoms with van der Waals surface area (Å²) in [6.07, 6.45) is 21.2. The first-order chi connectivity index (χ1) is 18.0. The molecule has 0 spiro atoms. The second-order valence-corrected chi connectivity index (χ2v) is 11.6. The Bertz CT molecular complexity index is 574. The number of hydrogen-bond acceptors (Lipinski definition) is 7. The van der Waals surface area contributed by atoms with Crippen LogP contribution in [0.2, 0.25) is 0 Å². The maximum Gasteiger partial charge on any atom is 0.160 e. The van der Waals surface area contributed by atoms with Gasteiger partial charge in [-0.1, -0.05) is 117 Å². The van der Waals surface area contributed by atoms with Crippen LogP contribution in [-0.2, 0) is 14.2 Å². The van der Waals surface area contributed by atoms with Crippen molar-refractivity contribution in [3.05, 3.63) is 0 Å². The molecule has 4 atom stereocenters. The lowest BCUT2D eigenvalue weighted by atomic mass is 10.1. The predicted molar refractivity (Wildman–Crippen MR) is 161 cm³/mol. The Morgan fingerprint density at radius 3 is 1.62 bits per heavy atom. The van der Waals surface area contributed by atoms with Crippen molar-refractivity contribution in [2.24, 2.45) is 0 Å². The molecular weight excluding hydrogens is 504 g/mol. The quantitative estimate of drug-likeness (QED) is 0.0915. The van der Waals surface area contributed by atoms with Gasteiger partial charge in [0.25, 0.3) is 0 Å². The summed E-state index contributed by atoms with van der Waals surface area (Å²) in [5, 5.41) is 21.6. The number of unbranched alkanes of at least 4 members (excludes halogenated alkanes) is 16. The number of ether oxygens (including phenoxy) is 3. The fourth-order valence-electron chi connectivity index (χ4n) is 4.87. The van der Waals surface area contributed by atoms with Crippen LogP contribution >= 0.6 is 24.4 Å². The van der Waals surface area contributed by atoms with E-state index < -0.39 is 24.4 Å². The average Bonchev–Trinajstić information content (AvgIpc) is 3.24. The van der Waals surface area contributed by atoms with E-state index in [1.807, 2.05) is 0 Å². The summed E-state index contributed by atoms with van der Waals surface area (Å²) >= 11 is 10.8. The van der Waals surface area contributed by atoms with E-state index in [0.29, 0.717) is 16.5 Å². The highest BCUT2D eigenvalue weighted by Gasteiger charge is 2.43. The SMILES string of the molecule is CCCCCCCCCCCC(=S)OC1COC(C(CO)OC(=S)CCCCCCCCCCC)C1O. The fourth-order valence-corrected chi connectivity index (χ4v) is 5.41. The maximum atomic E-state index is 10.7. The standard InChI is InChI=1S/C30H56O5S2/c1-3-5-7-9-11-13-15-17-19-21-27(36)34-25(23-31)30-29(32)26(24-33-30)35-28(37)22-20-18-16-14-12-10-8-6-4-2/h25-26,29-32H,3-24H2,1-2H3. The Kier molecular flexibility index (Phi) is 22.1. The van der Waals surface area contributed by atoms with Crippen LogP contribution in [-0.4, -0.2) is 57.9 Å². The Morgan fingerprint density at radius 2 is 1.16 bits per heavy atom. The van der Waals surface area contributed by atoms with Crippen molar-refractivity contribution < 1.29 is 24.4 Å². The molecule has 0 radical (unpaired) electrons. The predicted octanol–water partition coefficient (Wildman–Crippen LogP) is 8.01. The van der Waals surface area contributed by atoms with Crippen LogP contribution in [0.5, 0.6) is 0 Å². The Balaban J connectivity index is 2.17. The number of hydrogen-bond donors (Lipinski definition) is 2. The van der Waals surface area contributed by atoms with Gasteiger partial charge < -0.3 is 24.4 Å². The largest absolute Gasteiger partial charge is 0.479 e. The molecule has 0 aromatic heterocycles. The molecule has 1 saturated heterocycles. The molecule has 1 fully saturated rings. The van der Waals surface area contributed by atoms with Crippen LogP contribution in [0.3, 0.4) is 0 Å². The van der Waals surface area contributed by atoms with E-state index in [-0.39, 0.29) is 13.2 Å². The summed E-state index contributed by atoms with van der Waals surface area (Å²) in [7, 11) is 0. The molecule has 218 valence electrons. The van der Waals surface area contributed by atoms with Gasteiger partial charge in [-0.25, -0.2) is 0 Å². The Morgan fingerprint density at radius 1 is 0.730 bits per heavy atom. The molecular formula is C30H56O5S2. The van der Waals surface area contributed by atoms with Gasteiger partial charge in [-0.15, -0.1) is 0 Å². The van der Waals surface area contributed by atoms with Gasteiger partial charge in [-0.05, 0) is 37.3 Å². The molecule has 1 rings (SSSR count). The number of rotatable bonds is 24. The zero-order valence-corrected chi connectivity index (χ0v) is 25.4. The van der Waals surface area contributed by atoms with Gasteiger partial charge in [0.15, 0.2) is 22.3 Å². The summed E-state index contributed by atoms with van der Waals surface area (Å²) in [5.41, 5.74) is 0. The first-order valence-corrected chi connectivity index (χ1v) is 16.1. The third-order valence-corrected chi connectivity index (χ3v) is 7.85. The molecule has 1 aliphatic heterocycles. The Labute approximate surface area is 238 Å². The second kappa shape index (κ2) is 23.5. The van der Waals surface area contributed by atoms with Crippen LogP contribution in [0.1, 0.15) is 142 Å². The molecule has 37 heavy (non-hydrogen) atoms. The number of thiocarbonyl (C=S) groups is 2. The highest BCUT2D eigenvalue weighted by Crippen LogP contribution is 2.24. The van der Waals surface area contributed by atoms with Gasteiger partial charge >= 0.3 is 0 Å². The zero-order valence-electron chi connectivity index (χ0n) is 23.8. The van der Waals surface area contributed by atoms with E-state index >= 15 is 0 Å². The first-order valence-electron chi connectivity index (χ1n) is 15.3. The van der Waals surface area contributed by atoms with Crippen LogP contribution in [0.15, 0.2) is 0 Å². The van der Waals surface area contributed by atoms with E-state index in [1.54, 1.807) is 0 Å². The lowest BCUT2D eigenvalue weighted by molar-refractivity contribution is -0.0615. The van der Waals surface area contributed by atoms with E-state index in [4.69, 9.17) is 38.6 Å². The van der Waals surface area contributed by atoms with Crippen LogP contribution in [0.4, 0.5) is 0 Å². The minimum Gasteiger partial charge on any atom is -0.479 e. The monoisotopic (exact) mass is 560 g/mol. The zero-order chi connectivity index (χ0) is 27.1. The highest BCUT2D eigenvalue weighted by atomic mass is 32.1. The topological polar surface area (TPSA) is 68.2 Å². The Hall–Kier alpha value is -0.340. The summed E-state index contributed by atoms with van der Waals surface area (Å²) in [6.45, 7) is 4.45. The number of aliphatic hydroxyl groups excluding tert-OH is 2. The molecule has 5 nitrogen and oxygen atoms in total. The smallest absolute Gasteiger partial charge is 0.160 e. The molecule has 1 heterocycles. The van der Waals surface area contributed by atoms with Gasteiger partial charge in [0.1, 0.15) is 12.2 Å². The van der Waals surface area contributed by atoms with Crippen LogP contribution in [0, 0.1) is 0 Å². The molecule has 4 unspecified atom stereocenters. The maximum absolute atomic E-state index is 10.7. The van der Waals surface area contributed by atoms with Crippen LogP contribution in [0.25, 0.3) is 0 Å². The highest BCUT2D eigenvalue weighted by molar-refractivity contribution is 7.80. The normalized spacial score (nSPS) is 20.2. The van der Waals surface area contributed by atoms with Crippen molar-refractivity contribution in [1.29, 1.82) is 0 Å². The van der Waals surface area contributed by atoms with E-state index in [1.165, 1.54) is 89.9 Å². The van der Waals surface area contributed by atoms with E-state index in [0.717, 1.165) is 32.1 Å². The molecule has 2 N–H and O–H groups in total. The van der Waals surface area contributed by atoms with Gasteiger partial charge in [0, 0.05) is 12.8 Å². The summed E-state index contributed by atoms with van der Waals surface area (Å²) in [5.74, 6) is 0. The fraction of sp³-hybridized carbons (Fsp3) is 0.933. The van der Waals surface area contributed by atoms with E-state index in [9.17, 15) is 10.2 Å². The third-order valence-electron chi connectivity index (χ3n) is 7.25. The van der Waals surface area contributed by atoms with Crippen LogP contribution < -0.4 is 0 Å². The van der Waals surface area contributed by atoms with Gasteiger partial charge in [-0.3, -0.25) is 0 Å². The molecule has 0 aromatic rings. The minimum absolute atomic E-state index is 0.231. The lowest BCUT2D eigenvalue weighted by Crippen LogP contribution is -2.43. The minimum atomic E-state index is -0.909. The average molecular weight is 561 g/mol. The first kappa shape index (κ1) is 34.7. The van der Waals surface area contributed by atoms with Crippen molar-refractivity contribution >= 4 is 34.5 Å². The molecule has 0 amide bonds. The van der Waals surface area contributed by atoms with Crippen molar-refractivity contribution in [2.75, 3.05) is 13.2 Å². The molecule has 0 aliphatic carbocycles. The molecule has 0 bridgehead atoms. The van der Waals surface area contributed by atoms with Crippen molar-refractivity contribution in [3.63, 3.8) is 0 Å². The second-order valence-electron chi connectivity index (χ2n) is 10.7. The third kappa shape index (κ3) is 17.1. The van der Waals surface area contributed by atoms with Crippen molar-refractivity contribution in [1.82, 2.24) is 0 Å². The molecule has 1 aliphatic rings.